The molecule has 0 aromatic rings. The predicted octanol–water partition coefficient (Wildman–Crippen LogP) is 2.48. The molecule has 14 heavy (non-hydrogen) atoms. The molecule has 1 rings (SSSR count). The van der Waals surface area contributed by atoms with Crippen molar-refractivity contribution in [2.75, 3.05) is 13.6 Å². The fraction of sp³-hybridized carbons (Fsp3) is 0.636. The molecule has 1 N–H and O–H groups in total. The topological polar surface area (TPSA) is 15.3 Å². The predicted molar refractivity (Wildman–Crippen MR) is 65.5 cm³/mol. The van der Waals surface area contributed by atoms with E-state index < -0.39 is 0 Å². The maximum absolute atomic E-state index is 4.10. The van der Waals surface area contributed by atoms with Crippen molar-refractivity contribution >= 4 is 15.9 Å². The normalized spacial score (nSPS) is 27.6. The van der Waals surface area contributed by atoms with Crippen molar-refractivity contribution in [1.82, 2.24) is 10.2 Å². The van der Waals surface area contributed by atoms with Crippen LogP contribution >= 0.6 is 15.9 Å². The summed E-state index contributed by atoms with van der Waals surface area (Å²) in [5, 5.41) is 3.41. The van der Waals surface area contributed by atoms with Crippen LogP contribution in [0.5, 0.6) is 0 Å². The van der Waals surface area contributed by atoms with Crippen LogP contribution in [0.1, 0.15) is 19.8 Å². The van der Waals surface area contributed by atoms with E-state index >= 15 is 0 Å². The van der Waals surface area contributed by atoms with Gasteiger partial charge in [-0.2, -0.15) is 0 Å². The first kappa shape index (κ1) is 11.6. The summed E-state index contributed by atoms with van der Waals surface area (Å²) >= 11 is 3.66. The van der Waals surface area contributed by atoms with Gasteiger partial charge in [-0.25, -0.2) is 0 Å². The molecule has 0 spiro atoms. The zero-order chi connectivity index (χ0) is 10.7. The van der Waals surface area contributed by atoms with Crippen LogP contribution in [0.2, 0.25) is 0 Å². The molecule has 2 atom stereocenters. The van der Waals surface area contributed by atoms with Crippen molar-refractivity contribution in [3.05, 3.63) is 24.6 Å². The third-order valence-electron chi connectivity index (χ3n) is 2.66. The standard InChI is InChI=1S/C11H19BrN2/c1-5-8(2)13-11-6-10(12)7-14(4)9(11)3/h10-11,13H,2-3,5-7H2,1,4H3. The Morgan fingerprint density at radius 1 is 1.71 bits per heavy atom. The van der Waals surface area contributed by atoms with Gasteiger partial charge in [0.15, 0.2) is 0 Å². The van der Waals surface area contributed by atoms with Crippen molar-refractivity contribution in [3.8, 4) is 0 Å². The second-order valence-electron chi connectivity index (χ2n) is 3.86. The van der Waals surface area contributed by atoms with Crippen molar-refractivity contribution < 1.29 is 0 Å². The minimum Gasteiger partial charge on any atom is -0.381 e. The lowest BCUT2D eigenvalue weighted by Crippen LogP contribution is -2.45. The Labute approximate surface area is 95.2 Å². The third-order valence-corrected chi connectivity index (χ3v) is 3.32. The van der Waals surface area contributed by atoms with Gasteiger partial charge in [0, 0.05) is 29.8 Å². The largest absolute Gasteiger partial charge is 0.381 e. The Morgan fingerprint density at radius 3 is 2.93 bits per heavy atom. The summed E-state index contributed by atoms with van der Waals surface area (Å²) < 4.78 is 0. The lowest BCUT2D eigenvalue weighted by molar-refractivity contribution is 0.313. The van der Waals surface area contributed by atoms with Gasteiger partial charge in [-0.1, -0.05) is 36.0 Å². The molecule has 2 unspecified atom stereocenters. The molecule has 1 heterocycles. The average Bonchev–Trinajstić information content (AvgIpc) is 2.13. The zero-order valence-electron chi connectivity index (χ0n) is 9.02. The molecule has 3 heteroatoms. The van der Waals surface area contributed by atoms with Crippen molar-refractivity contribution in [2.24, 2.45) is 0 Å². The number of halogens is 1. The first-order chi connectivity index (χ1) is 6.54. The summed E-state index contributed by atoms with van der Waals surface area (Å²) in [5.74, 6) is 0. The van der Waals surface area contributed by atoms with E-state index in [0.29, 0.717) is 10.9 Å². The number of nitrogens with zero attached hydrogens (tertiary/aromatic N) is 1. The monoisotopic (exact) mass is 258 g/mol. The van der Waals surface area contributed by atoms with Crippen molar-refractivity contribution in [3.63, 3.8) is 0 Å². The first-order valence-corrected chi connectivity index (χ1v) is 5.94. The molecule has 80 valence electrons. The van der Waals surface area contributed by atoms with E-state index in [1.807, 2.05) is 0 Å². The van der Waals surface area contributed by atoms with Gasteiger partial charge in [0.2, 0.25) is 0 Å². The van der Waals surface area contributed by atoms with Crippen LogP contribution < -0.4 is 5.32 Å². The van der Waals surface area contributed by atoms with Crippen molar-refractivity contribution in [2.45, 2.75) is 30.6 Å². The summed E-state index contributed by atoms with van der Waals surface area (Å²) in [6.07, 6.45) is 2.06. The highest BCUT2D eigenvalue weighted by Crippen LogP contribution is 2.23. The van der Waals surface area contributed by atoms with E-state index in [0.717, 1.165) is 30.8 Å². The van der Waals surface area contributed by atoms with Gasteiger partial charge in [-0.15, -0.1) is 0 Å². The van der Waals surface area contributed by atoms with Gasteiger partial charge in [-0.3, -0.25) is 0 Å². The summed E-state index contributed by atoms with van der Waals surface area (Å²) in [7, 11) is 2.08. The first-order valence-electron chi connectivity index (χ1n) is 5.03. The smallest absolute Gasteiger partial charge is 0.0663 e. The summed E-state index contributed by atoms with van der Waals surface area (Å²) in [5.41, 5.74) is 2.25. The van der Waals surface area contributed by atoms with E-state index in [1.165, 1.54) is 0 Å². The van der Waals surface area contributed by atoms with E-state index in [4.69, 9.17) is 0 Å². The molecule has 1 saturated heterocycles. The Morgan fingerprint density at radius 2 is 2.36 bits per heavy atom. The minimum absolute atomic E-state index is 0.338. The number of rotatable bonds is 3. The summed E-state index contributed by atoms with van der Waals surface area (Å²) in [4.78, 5) is 2.74. The zero-order valence-corrected chi connectivity index (χ0v) is 10.6. The second-order valence-corrected chi connectivity index (χ2v) is 5.15. The van der Waals surface area contributed by atoms with E-state index in [9.17, 15) is 0 Å². The number of likely N-dealkylation sites (tertiary alicyclic amines) is 1. The van der Waals surface area contributed by atoms with Gasteiger partial charge >= 0.3 is 0 Å². The van der Waals surface area contributed by atoms with Gasteiger partial charge in [0.1, 0.15) is 0 Å². The summed E-state index contributed by atoms with van der Waals surface area (Å²) in [6, 6.07) is 0.338. The molecule has 0 saturated carbocycles. The van der Waals surface area contributed by atoms with Crippen LogP contribution in [0.15, 0.2) is 24.6 Å². The average molecular weight is 259 g/mol. The number of hydrogen-bond donors (Lipinski definition) is 1. The van der Waals surface area contributed by atoms with Gasteiger partial charge in [0.25, 0.3) is 0 Å². The van der Waals surface area contributed by atoms with E-state index in [2.05, 4.69) is 53.3 Å². The van der Waals surface area contributed by atoms with E-state index in [-0.39, 0.29) is 0 Å². The van der Waals surface area contributed by atoms with Crippen LogP contribution in [0.25, 0.3) is 0 Å². The maximum Gasteiger partial charge on any atom is 0.0663 e. The Kier molecular flexibility index (Phi) is 4.05. The fourth-order valence-electron chi connectivity index (χ4n) is 1.64. The van der Waals surface area contributed by atoms with Crippen LogP contribution in [0.3, 0.4) is 0 Å². The lowest BCUT2D eigenvalue weighted by Gasteiger charge is -2.37. The minimum atomic E-state index is 0.338. The molecule has 0 radical (unpaired) electrons. The van der Waals surface area contributed by atoms with Gasteiger partial charge in [-0.05, 0) is 12.8 Å². The Hall–Kier alpha value is -0.440. The van der Waals surface area contributed by atoms with Crippen molar-refractivity contribution in [1.29, 1.82) is 0 Å². The quantitative estimate of drug-likeness (QED) is 0.783. The number of alkyl halides is 1. The molecule has 2 nitrogen and oxygen atoms in total. The van der Waals surface area contributed by atoms with Crippen LogP contribution in [-0.4, -0.2) is 29.4 Å². The molecule has 1 aliphatic heterocycles. The Bertz CT molecular complexity index is 237. The van der Waals surface area contributed by atoms with Crippen LogP contribution in [0, 0.1) is 0 Å². The summed E-state index contributed by atoms with van der Waals surface area (Å²) in [6.45, 7) is 11.2. The maximum atomic E-state index is 4.10. The van der Waals surface area contributed by atoms with Gasteiger partial charge < -0.3 is 10.2 Å². The molecule has 0 aromatic heterocycles. The molecular formula is C11H19BrN2. The molecular weight excluding hydrogens is 240 g/mol. The molecule has 0 aromatic carbocycles. The second kappa shape index (κ2) is 4.87. The highest BCUT2D eigenvalue weighted by molar-refractivity contribution is 9.09. The number of allylic oxidation sites excluding steroid dienone is 1. The molecule has 0 aliphatic carbocycles. The Balaban J connectivity index is 2.58. The SMILES string of the molecule is C=C(CC)NC1CC(Br)CN(C)C1=C. The third kappa shape index (κ3) is 2.77. The molecule has 1 fully saturated rings. The number of likely N-dealkylation sites (N-methyl/N-ethyl adjacent to an activating group) is 1. The highest BCUT2D eigenvalue weighted by atomic mass is 79.9. The fourth-order valence-corrected chi connectivity index (χ4v) is 2.45. The molecule has 0 bridgehead atoms. The number of piperidine rings is 1. The van der Waals surface area contributed by atoms with E-state index in [1.54, 1.807) is 0 Å². The van der Waals surface area contributed by atoms with Crippen LogP contribution in [-0.2, 0) is 0 Å². The van der Waals surface area contributed by atoms with Gasteiger partial charge in [0.05, 0.1) is 6.04 Å². The number of hydrogen-bond acceptors (Lipinski definition) is 2. The van der Waals surface area contributed by atoms with Crippen LogP contribution in [0.4, 0.5) is 0 Å². The molecule has 1 aliphatic rings. The highest BCUT2D eigenvalue weighted by Gasteiger charge is 2.26. The lowest BCUT2D eigenvalue weighted by atomic mass is 10.0. The molecule has 0 amide bonds. The number of nitrogens with one attached hydrogen (secondary N) is 1.